The third-order valence-electron chi connectivity index (χ3n) is 3.98. The monoisotopic (exact) mass is 336 g/mol. The molecule has 2 atom stereocenters. The van der Waals surface area contributed by atoms with Crippen LogP contribution in [0.1, 0.15) is 46.1 Å². The third-order valence-corrected chi connectivity index (χ3v) is 3.98. The predicted octanol–water partition coefficient (Wildman–Crippen LogP) is 1.90. The molecule has 2 amide bonds. The Kier molecular flexibility index (Phi) is 5.20. The van der Waals surface area contributed by atoms with E-state index in [4.69, 9.17) is 4.74 Å². The number of rotatable bonds is 3. The molecule has 0 aromatic carbocycles. The average Bonchev–Trinajstić information content (AvgIpc) is 3.01. The number of aromatic nitrogens is 2. The third kappa shape index (κ3) is 4.49. The summed E-state index contributed by atoms with van der Waals surface area (Å²) in [7, 11) is 1.85. The molecule has 0 unspecified atom stereocenters. The molecule has 2 rings (SSSR count). The van der Waals surface area contributed by atoms with Crippen LogP contribution >= 0.6 is 0 Å². The molecule has 1 aromatic heterocycles. The Morgan fingerprint density at radius 3 is 2.50 bits per heavy atom. The molecule has 1 aromatic rings. The fourth-order valence-electron chi connectivity index (χ4n) is 2.92. The van der Waals surface area contributed by atoms with E-state index in [1.54, 1.807) is 10.9 Å². The maximum absolute atomic E-state index is 12.3. The van der Waals surface area contributed by atoms with Crippen LogP contribution in [0.5, 0.6) is 0 Å². The first-order chi connectivity index (χ1) is 11.1. The van der Waals surface area contributed by atoms with Gasteiger partial charge in [0, 0.05) is 38.2 Å². The highest BCUT2D eigenvalue weighted by Crippen LogP contribution is 2.28. The SMILES string of the molecule is CC(C)C(=O)N1C[C@H](NC(=O)OC(C)(C)C)[C@@H](c2cnn(C)c2)C1. The molecule has 1 fully saturated rings. The number of alkyl carbamates (subject to hydrolysis) is 1. The lowest BCUT2D eigenvalue weighted by atomic mass is 9.97. The van der Waals surface area contributed by atoms with Gasteiger partial charge in [0.15, 0.2) is 0 Å². The van der Waals surface area contributed by atoms with Crippen molar-refractivity contribution in [3.05, 3.63) is 18.0 Å². The van der Waals surface area contributed by atoms with E-state index >= 15 is 0 Å². The van der Waals surface area contributed by atoms with Crippen molar-refractivity contribution in [2.45, 2.75) is 52.2 Å². The number of hydrogen-bond donors (Lipinski definition) is 1. The van der Waals surface area contributed by atoms with Crippen molar-refractivity contribution in [2.24, 2.45) is 13.0 Å². The number of nitrogens with one attached hydrogen (secondary N) is 1. The Bertz CT molecular complexity index is 603. The van der Waals surface area contributed by atoms with Crippen LogP contribution in [-0.4, -0.2) is 51.4 Å². The maximum Gasteiger partial charge on any atom is 0.407 e. The van der Waals surface area contributed by atoms with Crippen molar-refractivity contribution >= 4 is 12.0 Å². The van der Waals surface area contributed by atoms with Gasteiger partial charge in [0.1, 0.15) is 5.60 Å². The molecule has 0 aliphatic carbocycles. The Morgan fingerprint density at radius 1 is 1.33 bits per heavy atom. The lowest BCUT2D eigenvalue weighted by Crippen LogP contribution is -2.43. The van der Waals surface area contributed by atoms with E-state index in [0.717, 1.165) is 5.56 Å². The van der Waals surface area contributed by atoms with Crippen molar-refractivity contribution in [3.8, 4) is 0 Å². The zero-order valence-electron chi connectivity index (χ0n) is 15.4. The van der Waals surface area contributed by atoms with E-state index in [1.807, 2.05) is 52.8 Å². The molecule has 1 aliphatic heterocycles. The molecule has 2 heterocycles. The van der Waals surface area contributed by atoms with Crippen LogP contribution in [0.4, 0.5) is 4.79 Å². The summed E-state index contributed by atoms with van der Waals surface area (Å²) in [6, 6.07) is -0.188. The molecule has 134 valence electrons. The summed E-state index contributed by atoms with van der Waals surface area (Å²) in [6.07, 6.45) is 3.26. The van der Waals surface area contributed by atoms with Crippen LogP contribution in [0.15, 0.2) is 12.4 Å². The first kappa shape index (κ1) is 18.3. The van der Waals surface area contributed by atoms with E-state index in [2.05, 4.69) is 10.4 Å². The summed E-state index contributed by atoms with van der Waals surface area (Å²) in [5.74, 6) is 0.0334. The van der Waals surface area contributed by atoms with Crippen LogP contribution in [-0.2, 0) is 16.6 Å². The van der Waals surface area contributed by atoms with E-state index < -0.39 is 11.7 Å². The molecule has 1 N–H and O–H groups in total. The van der Waals surface area contributed by atoms with Gasteiger partial charge < -0.3 is 15.0 Å². The van der Waals surface area contributed by atoms with Crippen LogP contribution in [0, 0.1) is 5.92 Å². The fourth-order valence-corrected chi connectivity index (χ4v) is 2.92. The van der Waals surface area contributed by atoms with Crippen LogP contribution in [0.25, 0.3) is 0 Å². The number of carbonyl (C=O) groups is 2. The summed E-state index contributed by atoms with van der Waals surface area (Å²) in [5, 5.41) is 7.13. The van der Waals surface area contributed by atoms with Gasteiger partial charge in [-0.3, -0.25) is 9.48 Å². The minimum Gasteiger partial charge on any atom is -0.444 e. The van der Waals surface area contributed by atoms with E-state index in [0.29, 0.717) is 13.1 Å². The van der Waals surface area contributed by atoms with Gasteiger partial charge in [-0.15, -0.1) is 0 Å². The Balaban J connectivity index is 2.15. The number of carbonyl (C=O) groups excluding carboxylic acids is 2. The lowest BCUT2D eigenvalue weighted by Gasteiger charge is -2.23. The van der Waals surface area contributed by atoms with Crippen LogP contribution in [0.2, 0.25) is 0 Å². The van der Waals surface area contributed by atoms with Crippen molar-refractivity contribution in [1.29, 1.82) is 0 Å². The van der Waals surface area contributed by atoms with Gasteiger partial charge in [0.25, 0.3) is 0 Å². The Labute approximate surface area is 143 Å². The first-order valence-corrected chi connectivity index (χ1v) is 8.33. The largest absolute Gasteiger partial charge is 0.444 e. The highest BCUT2D eigenvalue weighted by Gasteiger charge is 2.38. The topological polar surface area (TPSA) is 76.5 Å². The number of likely N-dealkylation sites (tertiary alicyclic amines) is 1. The molecular weight excluding hydrogens is 308 g/mol. The van der Waals surface area contributed by atoms with Gasteiger partial charge >= 0.3 is 6.09 Å². The molecule has 0 bridgehead atoms. The second-order valence-corrected chi connectivity index (χ2v) is 7.70. The second kappa shape index (κ2) is 6.83. The number of nitrogens with zero attached hydrogens (tertiary/aromatic N) is 3. The molecule has 7 nitrogen and oxygen atoms in total. The molecule has 1 saturated heterocycles. The fraction of sp³-hybridized carbons (Fsp3) is 0.706. The van der Waals surface area contributed by atoms with E-state index in [9.17, 15) is 9.59 Å². The quantitative estimate of drug-likeness (QED) is 0.914. The number of aryl methyl sites for hydroxylation is 1. The summed E-state index contributed by atoms with van der Waals surface area (Å²) in [6.45, 7) is 10.3. The van der Waals surface area contributed by atoms with Gasteiger partial charge in [-0.2, -0.15) is 5.10 Å². The number of amides is 2. The smallest absolute Gasteiger partial charge is 0.407 e. The van der Waals surface area contributed by atoms with Crippen molar-refractivity contribution in [1.82, 2.24) is 20.0 Å². The van der Waals surface area contributed by atoms with Crippen molar-refractivity contribution in [2.75, 3.05) is 13.1 Å². The first-order valence-electron chi connectivity index (χ1n) is 8.33. The standard InChI is InChI=1S/C17H28N4O3/c1-11(2)15(22)21-9-13(12-7-18-20(6)8-12)14(10-21)19-16(23)24-17(3,4)5/h7-8,11,13-14H,9-10H2,1-6H3,(H,19,23)/t13-,14+/m1/s1. The zero-order valence-corrected chi connectivity index (χ0v) is 15.4. The Hall–Kier alpha value is -2.05. The molecule has 0 saturated carbocycles. The molecule has 24 heavy (non-hydrogen) atoms. The second-order valence-electron chi connectivity index (χ2n) is 7.70. The minimum absolute atomic E-state index is 0.00826. The maximum atomic E-state index is 12.3. The van der Waals surface area contributed by atoms with Gasteiger partial charge in [0.2, 0.25) is 5.91 Å². The Morgan fingerprint density at radius 2 is 2.00 bits per heavy atom. The molecule has 7 heteroatoms. The summed E-state index contributed by atoms with van der Waals surface area (Å²) >= 11 is 0. The van der Waals surface area contributed by atoms with E-state index in [1.165, 1.54) is 0 Å². The molecule has 0 radical (unpaired) electrons. The van der Waals surface area contributed by atoms with E-state index in [-0.39, 0.29) is 23.8 Å². The molecule has 1 aliphatic rings. The predicted molar refractivity (Wildman–Crippen MR) is 90.5 cm³/mol. The summed E-state index contributed by atoms with van der Waals surface area (Å²) in [4.78, 5) is 26.3. The highest BCUT2D eigenvalue weighted by molar-refractivity contribution is 5.79. The lowest BCUT2D eigenvalue weighted by molar-refractivity contribution is -0.133. The van der Waals surface area contributed by atoms with Gasteiger partial charge in [-0.25, -0.2) is 4.79 Å². The minimum atomic E-state index is -0.556. The van der Waals surface area contributed by atoms with Gasteiger partial charge in [0.05, 0.1) is 12.2 Å². The summed E-state index contributed by atoms with van der Waals surface area (Å²) < 4.78 is 7.09. The molecule has 0 spiro atoms. The van der Waals surface area contributed by atoms with Gasteiger partial charge in [-0.1, -0.05) is 13.8 Å². The van der Waals surface area contributed by atoms with Crippen LogP contribution < -0.4 is 5.32 Å². The van der Waals surface area contributed by atoms with Gasteiger partial charge in [-0.05, 0) is 26.3 Å². The number of ether oxygens (including phenoxy) is 1. The van der Waals surface area contributed by atoms with Crippen molar-refractivity contribution in [3.63, 3.8) is 0 Å². The number of hydrogen-bond acceptors (Lipinski definition) is 4. The van der Waals surface area contributed by atoms with Crippen molar-refractivity contribution < 1.29 is 14.3 Å². The van der Waals surface area contributed by atoms with Crippen LogP contribution in [0.3, 0.4) is 0 Å². The average molecular weight is 336 g/mol. The highest BCUT2D eigenvalue weighted by atomic mass is 16.6. The molecular formula is C17H28N4O3. The normalized spacial score (nSPS) is 21.2. The summed E-state index contributed by atoms with van der Waals surface area (Å²) in [5.41, 5.74) is 0.456. The zero-order chi connectivity index (χ0) is 18.1.